The van der Waals surface area contributed by atoms with Crippen LogP contribution in [0, 0.1) is 5.92 Å². The number of hydrogen-bond acceptors (Lipinski definition) is 3. The second kappa shape index (κ2) is 14.6. The zero-order chi connectivity index (χ0) is 23.5. The van der Waals surface area contributed by atoms with Gasteiger partial charge in [0.2, 0.25) is 11.8 Å². The summed E-state index contributed by atoms with van der Waals surface area (Å²) in [5.41, 5.74) is 2.36. The molecule has 34 heavy (non-hydrogen) atoms. The van der Waals surface area contributed by atoms with Crippen LogP contribution >= 0.6 is 24.0 Å². The first-order valence-corrected chi connectivity index (χ1v) is 11.6. The molecule has 0 saturated carbocycles. The van der Waals surface area contributed by atoms with Gasteiger partial charge in [-0.1, -0.05) is 60.7 Å². The maximum atomic E-state index is 12.4. The van der Waals surface area contributed by atoms with Crippen LogP contribution in [-0.4, -0.2) is 67.8 Å². The molecule has 7 nitrogen and oxygen atoms in total. The zero-order valence-electron chi connectivity index (χ0n) is 20.1. The highest BCUT2D eigenvalue weighted by molar-refractivity contribution is 14.0. The molecule has 2 amide bonds. The molecule has 3 rings (SSSR count). The molecule has 0 spiro atoms. The number of halogens is 1. The molecular formula is C26H36IN5O2. The minimum Gasteiger partial charge on any atom is -0.356 e. The summed E-state index contributed by atoms with van der Waals surface area (Å²) in [7, 11) is 3.54. The summed E-state index contributed by atoms with van der Waals surface area (Å²) in [4.78, 5) is 32.7. The van der Waals surface area contributed by atoms with E-state index in [1.807, 2.05) is 60.5 Å². The molecule has 1 aliphatic rings. The Morgan fingerprint density at radius 1 is 1.06 bits per heavy atom. The van der Waals surface area contributed by atoms with E-state index in [2.05, 4.69) is 27.8 Å². The van der Waals surface area contributed by atoms with Crippen molar-refractivity contribution in [3.63, 3.8) is 0 Å². The highest BCUT2D eigenvalue weighted by atomic mass is 127. The van der Waals surface area contributed by atoms with E-state index in [0.717, 1.165) is 25.1 Å². The van der Waals surface area contributed by atoms with Gasteiger partial charge in [0.1, 0.15) is 0 Å². The number of aliphatic imine (C=N–C) groups is 1. The first kappa shape index (κ1) is 27.6. The predicted molar refractivity (Wildman–Crippen MR) is 147 cm³/mol. The Hall–Kier alpha value is -2.62. The van der Waals surface area contributed by atoms with Gasteiger partial charge in [-0.2, -0.15) is 0 Å². The van der Waals surface area contributed by atoms with Crippen LogP contribution in [0.2, 0.25) is 0 Å². The third kappa shape index (κ3) is 8.96. The fourth-order valence-electron chi connectivity index (χ4n) is 4.00. The number of hydrogen-bond donors (Lipinski definition) is 2. The van der Waals surface area contributed by atoms with Gasteiger partial charge in [-0.3, -0.25) is 14.6 Å². The standard InChI is InChI=1S/C26H35N5O2.HI/c1-27-26(28-15-13-24(32)30(2)19-22-11-7-4-8-12-22)29-18-23-17-25(33)31(20-23)16-14-21-9-5-3-6-10-21;/h3-12,23H,13-20H2,1-2H3,(H2,27,28,29);1H. The van der Waals surface area contributed by atoms with Crippen LogP contribution in [0.1, 0.15) is 24.0 Å². The molecular weight excluding hydrogens is 541 g/mol. The van der Waals surface area contributed by atoms with Crippen LogP contribution < -0.4 is 10.6 Å². The molecule has 0 aliphatic carbocycles. The Morgan fingerprint density at radius 2 is 1.71 bits per heavy atom. The maximum Gasteiger partial charge on any atom is 0.224 e. The monoisotopic (exact) mass is 577 g/mol. The SMILES string of the molecule is CN=C(NCCC(=O)N(C)Cc1ccccc1)NCC1CC(=O)N(CCc2ccccc2)C1.I. The molecule has 0 bridgehead atoms. The van der Waals surface area contributed by atoms with Gasteiger partial charge in [-0.25, -0.2) is 0 Å². The maximum absolute atomic E-state index is 12.4. The van der Waals surface area contributed by atoms with Crippen molar-refractivity contribution in [2.75, 3.05) is 40.3 Å². The van der Waals surface area contributed by atoms with Crippen molar-refractivity contribution < 1.29 is 9.59 Å². The molecule has 0 radical (unpaired) electrons. The lowest BCUT2D eigenvalue weighted by Crippen LogP contribution is -2.41. The van der Waals surface area contributed by atoms with E-state index in [1.165, 1.54) is 5.56 Å². The number of benzene rings is 2. The van der Waals surface area contributed by atoms with E-state index in [-0.39, 0.29) is 41.7 Å². The number of rotatable bonds is 10. The van der Waals surface area contributed by atoms with Crippen LogP contribution in [0.3, 0.4) is 0 Å². The largest absolute Gasteiger partial charge is 0.356 e. The quantitative estimate of drug-likeness (QED) is 0.259. The van der Waals surface area contributed by atoms with Crippen LogP contribution in [0.5, 0.6) is 0 Å². The Morgan fingerprint density at radius 3 is 2.35 bits per heavy atom. The summed E-state index contributed by atoms with van der Waals surface area (Å²) >= 11 is 0. The summed E-state index contributed by atoms with van der Waals surface area (Å²) in [5, 5.41) is 6.51. The van der Waals surface area contributed by atoms with Gasteiger partial charge in [-0.05, 0) is 17.5 Å². The van der Waals surface area contributed by atoms with E-state index in [1.54, 1.807) is 11.9 Å². The second-order valence-electron chi connectivity index (χ2n) is 8.51. The Bertz CT molecular complexity index is 923. The van der Waals surface area contributed by atoms with Crippen molar-refractivity contribution in [2.45, 2.75) is 25.8 Å². The summed E-state index contributed by atoms with van der Waals surface area (Å²) < 4.78 is 0. The molecule has 2 aromatic rings. The van der Waals surface area contributed by atoms with Crippen molar-refractivity contribution >= 4 is 41.8 Å². The lowest BCUT2D eigenvalue weighted by atomic mass is 10.1. The second-order valence-corrected chi connectivity index (χ2v) is 8.51. The Labute approximate surface area is 220 Å². The molecule has 1 fully saturated rings. The van der Waals surface area contributed by atoms with E-state index < -0.39 is 0 Å². The summed E-state index contributed by atoms with van der Waals surface area (Å²) in [5.74, 6) is 1.21. The van der Waals surface area contributed by atoms with E-state index >= 15 is 0 Å². The molecule has 2 aromatic carbocycles. The fourth-order valence-corrected chi connectivity index (χ4v) is 4.00. The first-order valence-electron chi connectivity index (χ1n) is 11.6. The predicted octanol–water partition coefficient (Wildman–Crippen LogP) is 2.91. The van der Waals surface area contributed by atoms with E-state index in [9.17, 15) is 9.59 Å². The number of nitrogens with one attached hydrogen (secondary N) is 2. The van der Waals surface area contributed by atoms with Crippen molar-refractivity contribution in [2.24, 2.45) is 10.9 Å². The van der Waals surface area contributed by atoms with Crippen molar-refractivity contribution in [3.8, 4) is 0 Å². The molecule has 8 heteroatoms. The Kier molecular flexibility index (Phi) is 11.9. The number of carbonyl (C=O) groups excluding carboxylic acids is 2. The summed E-state index contributed by atoms with van der Waals surface area (Å²) in [6.45, 7) is 3.30. The smallest absolute Gasteiger partial charge is 0.224 e. The molecule has 1 unspecified atom stereocenters. The van der Waals surface area contributed by atoms with Crippen LogP contribution in [-0.2, 0) is 22.6 Å². The molecule has 1 saturated heterocycles. The van der Waals surface area contributed by atoms with Gasteiger partial charge < -0.3 is 20.4 Å². The molecule has 1 aliphatic heterocycles. The fraction of sp³-hybridized carbons (Fsp3) is 0.423. The Balaban J connectivity index is 0.00000408. The number of amides is 2. The van der Waals surface area contributed by atoms with Crippen LogP contribution in [0.25, 0.3) is 0 Å². The van der Waals surface area contributed by atoms with Crippen molar-refractivity contribution in [3.05, 3.63) is 71.8 Å². The van der Waals surface area contributed by atoms with Gasteiger partial charge in [0, 0.05) is 65.6 Å². The molecule has 1 atom stereocenters. The van der Waals surface area contributed by atoms with Gasteiger partial charge in [-0.15, -0.1) is 24.0 Å². The number of likely N-dealkylation sites (tertiary alicyclic amines) is 1. The molecule has 2 N–H and O–H groups in total. The van der Waals surface area contributed by atoms with Crippen molar-refractivity contribution in [1.82, 2.24) is 20.4 Å². The van der Waals surface area contributed by atoms with Gasteiger partial charge >= 0.3 is 0 Å². The highest BCUT2D eigenvalue weighted by Gasteiger charge is 2.29. The van der Waals surface area contributed by atoms with E-state index in [4.69, 9.17) is 0 Å². The van der Waals surface area contributed by atoms with Gasteiger partial charge in [0.05, 0.1) is 0 Å². The molecule has 0 aromatic heterocycles. The number of guanidine groups is 1. The normalized spacial score (nSPS) is 15.6. The minimum atomic E-state index is 0. The van der Waals surface area contributed by atoms with Gasteiger partial charge in [0.15, 0.2) is 5.96 Å². The minimum absolute atomic E-state index is 0. The third-order valence-electron chi connectivity index (χ3n) is 5.91. The van der Waals surface area contributed by atoms with Crippen molar-refractivity contribution in [1.29, 1.82) is 0 Å². The number of nitrogens with zero attached hydrogens (tertiary/aromatic N) is 3. The van der Waals surface area contributed by atoms with Gasteiger partial charge in [0.25, 0.3) is 0 Å². The average Bonchev–Trinajstić information content (AvgIpc) is 3.20. The zero-order valence-corrected chi connectivity index (χ0v) is 22.4. The van der Waals surface area contributed by atoms with Crippen LogP contribution in [0.15, 0.2) is 65.7 Å². The topological polar surface area (TPSA) is 77.0 Å². The molecule has 184 valence electrons. The number of carbonyl (C=O) groups is 2. The summed E-state index contributed by atoms with van der Waals surface area (Å²) in [6.07, 6.45) is 1.82. The highest BCUT2D eigenvalue weighted by Crippen LogP contribution is 2.17. The third-order valence-corrected chi connectivity index (χ3v) is 5.91. The average molecular weight is 578 g/mol. The summed E-state index contributed by atoms with van der Waals surface area (Å²) in [6, 6.07) is 20.2. The lowest BCUT2D eigenvalue weighted by molar-refractivity contribution is -0.130. The molecule has 1 heterocycles. The van der Waals surface area contributed by atoms with Crippen LogP contribution in [0.4, 0.5) is 0 Å². The van der Waals surface area contributed by atoms with E-state index in [0.29, 0.717) is 38.4 Å². The lowest BCUT2D eigenvalue weighted by Gasteiger charge is -2.19. The first-order chi connectivity index (χ1) is 16.0.